The molecule has 1 rings (SSSR count). The van der Waals surface area contributed by atoms with Crippen LogP contribution in [0.25, 0.3) is 0 Å². The van der Waals surface area contributed by atoms with Crippen molar-refractivity contribution < 1.29 is 19.4 Å². The van der Waals surface area contributed by atoms with E-state index in [0.717, 1.165) is 6.54 Å². The molecule has 0 aliphatic carbocycles. The van der Waals surface area contributed by atoms with Crippen LogP contribution in [0.4, 0.5) is 0 Å². The van der Waals surface area contributed by atoms with Crippen LogP contribution in [0.1, 0.15) is 33.1 Å². The maximum absolute atomic E-state index is 11.6. The van der Waals surface area contributed by atoms with Gasteiger partial charge in [0.1, 0.15) is 6.61 Å². The van der Waals surface area contributed by atoms with Gasteiger partial charge in [-0.1, -0.05) is 13.8 Å². The molecule has 1 atom stereocenters. The molecule has 0 bridgehead atoms. The van der Waals surface area contributed by atoms with Gasteiger partial charge in [0.15, 0.2) is 0 Å². The Morgan fingerprint density at radius 2 is 2.29 bits per heavy atom. The molecule has 1 N–H and O–H groups in total. The fourth-order valence-electron chi connectivity index (χ4n) is 1.95. The number of amides is 1. The van der Waals surface area contributed by atoms with Crippen LogP contribution in [-0.2, 0) is 14.3 Å². The standard InChI is InChI=1S/C12H21NO4/c1-9(2)6-13-7-10(17-8-11(13)14)4-3-5-12(15)16/h9-10H,3-8H2,1-2H3,(H,15,16). The summed E-state index contributed by atoms with van der Waals surface area (Å²) in [6.07, 6.45) is 1.46. The number of aliphatic carboxylic acids is 1. The lowest BCUT2D eigenvalue weighted by Crippen LogP contribution is -2.47. The summed E-state index contributed by atoms with van der Waals surface area (Å²) in [4.78, 5) is 23.8. The Morgan fingerprint density at radius 1 is 1.59 bits per heavy atom. The fourth-order valence-corrected chi connectivity index (χ4v) is 1.95. The van der Waals surface area contributed by atoms with E-state index >= 15 is 0 Å². The number of nitrogens with zero attached hydrogens (tertiary/aromatic N) is 1. The van der Waals surface area contributed by atoms with Crippen LogP contribution >= 0.6 is 0 Å². The van der Waals surface area contributed by atoms with Gasteiger partial charge in [-0.15, -0.1) is 0 Å². The van der Waals surface area contributed by atoms with E-state index in [9.17, 15) is 9.59 Å². The second kappa shape index (κ2) is 6.59. The molecule has 17 heavy (non-hydrogen) atoms. The van der Waals surface area contributed by atoms with Crippen molar-refractivity contribution in [3.8, 4) is 0 Å². The molecule has 0 aromatic heterocycles. The Balaban J connectivity index is 2.33. The Hall–Kier alpha value is -1.10. The third-order valence-corrected chi connectivity index (χ3v) is 2.72. The molecule has 0 saturated carbocycles. The highest BCUT2D eigenvalue weighted by molar-refractivity contribution is 5.78. The highest BCUT2D eigenvalue weighted by Crippen LogP contribution is 2.14. The van der Waals surface area contributed by atoms with Gasteiger partial charge >= 0.3 is 5.97 Å². The van der Waals surface area contributed by atoms with E-state index in [1.54, 1.807) is 0 Å². The van der Waals surface area contributed by atoms with Gasteiger partial charge in [-0.05, 0) is 18.8 Å². The summed E-state index contributed by atoms with van der Waals surface area (Å²) in [5.74, 6) is -0.305. The average molecular weight is 243 g/mol. The van der Waals surface area contributed by atoms with Gasteiger partial charge < -0.3 is 14.7 Å². The number of ether oxygens (including phenoxy) is 1. The molecule has 5 heteroatoms. The van der Waals surface area contributed by atoms with Gasteiger partial charge in [0.25, 0.3) is 0 Å². The number of rotatable bonds is 6. The van der Waals surface area contributed by atoms with Crippen LogP contribution in [0.5, 0.6) is 0 Å². The van der Waals surface area contributed by atoms with Crippen molar-refractivity contribution in [2.45, 2.75) is 39.2 Å². The van der Waals surface area contributed by atoms with Gasteiger partial charge in [0.05, 0.1) is 6.10 Å². The number of hydrogen-bond acceptors (Lipinski definition) is 3. The van der Waals surface area contributed by atoms with Gasteiger partial charge in [-0.25, -0.2) is 0 Å². The first-order valence-corrected chi connectivity index (χ1v) is 6.10. The number of carbonyl (C=O) groups is 2. The summed E-state index contributed by atoms with van der Waals surface area (Å²) in [6, 6.07) is 0. The quantitative estimate of drug-likeness (QED) is 0.759. The molecule has 98 valence electrons. The van der Waals surface area contributed by atoms with Crippen molar-refractivity contribution in [1.29, 1.82) is 0 Å². The zero-order valence-electron chi connectivity index (χ0n) is 10.5. The third kappa shape index (κ3) is 5.17. The molecule has 1 saturated heterocycles. The van der Waals surface area contributed by atoms with Gasteiger partial charge in [-0.3, -0.25) is 9.59 Å². The molecule has 0 aromatic rings. The summed E-state index contributed by atoms with van der Waals surface area (Å²) >= 11 is 0. The average Bonchev–Trinajstić information content (AvgIpc) is 2.21. The monoisotopic (exact) mass is 243 g/mol. The largest absolute Gasteiger partial charge is 0.481 e. The lowest BCUT2D eigenvalue weighted by Gasteiger charge is -2.33. The number of carboxylic acids is 1. The van der Waals surface area contributed by atoms with Gasteiger partial charge in [0.2, 0.25) is 5.91 Å². The molecule has 1 amide bonds. The summed E-state index contributed by atoms with van der Waals surface area (Å²) in [6.45, 7) is 5.61. The smallest absolute Gasteiger partial charge is 0.303 e. The topological polar surface area (TPSA) is 66.8 Å². The van der Waals surface area contributed by atoms with Crippen LogP contribution in [-0.4, -0.2) is 47.7 Å². The van der Waals surface area contributed by atoms with Crippen LogP contribution in [0.2, 0.25) is 0 Å². The first-order chi connectivity index (χ1) is 7.99. The Morgan fingerprint density at radius 3 is 2.88 bits per heavy atom. The highest BCUT2D eigenvalue weighted by Gasteiger charge is 2.26. The van der Waals surface area contributed by atoms with E-state index in [4.69, 9.17) is 9.84 Å². The van der Waals surface area contributed by atoms with E-state index in [2.05, 4.69) is 13.8 Å². The van der Waals surface area contributed by atoms with Crippen molar-refractivity contribution in [3.05, 3.63) is 0 Å². The van der Waals surface area contributed by atoms with E-state index in [1.165, 1.54) is 0 Å². The predicted octanol–water partition coefficient (Wildman–Crippen LogP) is 1.12. The molecular weight excluding hydrogens is 222 g/mol. The van der Waals surface area contributed by atoms with Crippen molar-refractivity contribution in [1.82, 2.24) is 4.90 Å². The minimum atomic E-state index is -0.782. The first kappa shape index (κ1) is 14.0. The molecule has 1 aliphatic heterocycles. The molecule has 1 unspecified atom stereocenters. The van der Waals surface area contributed by atoms with Crippen LogP contribution < -0.4 is 0 Å². The number of hydrogen-bond donors (Lipinski definition) is 1. The maximum Gasteiger partial charge on any atom is 0.303 e. The molecule has 1 heterocycles. The number of carbonyl (C=O) groups excluding carboxylic acids is 1. The SMILES string of the molecule is CC(C)CN1CC(CCCC(=O)O)OCC1=O. The zero-order chi connectivity index (χ0) is 12.8. The van der Waals surface area contributed by atoms with Crippen LogP contribution in [0, 0.1) is 5.92 Å². The minimum Gasteiger partial charge on any atom is -0.481 e. The van der Waals surface area contributed by atoms with Crippen molar-refractivity contribution in [3.63, 3.8) is 0 Å². The molecular formula is C12H21NO4. The van der Waals surface area contributed by atoms with E-state index < -0.39 is 5.97 Å². The second-order valence-corrected chi connectivity index (χ2v) is 4.91. The first-order valence-electron chi connectivity index (χ1n) is 6.10. The lowest BCUT2D eigenvalue weighted by molar-refractivity contribution is -0.150. The van der Waals surface area contributed by atoms with E-state index in [-0.39, 0.29) is 25.0 Å². The summed E-state index contributed by atoms with van der Waals surface area (Å²) in [7, 11) is 0. The Bertz CT molecular complexity index is 278. The Labute approximate surface area is 102 Å². The second-order valence-electron chi connectivity index (χ2n) is 4.91. The molecule has 5 nitrogen and oxygen atoms in total. The zero-order valence-corrected chi connectivity index (χ0v) is 10.5. The maximum atomic E-state index is 11.6. The van der Waals surface area contributed by atoms with Crippen LogP contribution in [0.15, 0.2) is 0 Å². The minimum absolute atomic E-state index is 0.00852. The van der Waals surface area contributed by atoms with Crippen molar-refractivity contribution in [2.75, 3.05) is 19.7 Å². The molecule has 0 radical (unpaired) electrons. The number of carboxylic acid groups (broad SMARTS) is 1. The molecule has 0 aromatic carbocycles. The lowest BCUT2D eigenvalue weighted by atomic mass is 10.1. The fraction of sp³-hybridized carbons (Fsp3) is 0.833. The predicted molar refractivity (Wildman–Crippen MR) is 62.6 cm³/mol. The van der Waals surface area contributed by atoms with E-state index in [0.29, 0.717) is 25.3 Å². The van der Waals surface area contributed by atoms with Crippen molar-refractivity contribution >= 4 is 11.9 Å². The molecule has 1 fully saturated rings. The van der Waals surface area contributed by atoms with Crippen molar-refractivity contribution in [2.24, 2.45) is 5.92 Å². The third-order valence-electron chi connectivity index (χ3n) is 2.72. The Kier molecular flexibility index (Phi) is 5.41. The van der Waals surface area contributed by atoms with Gasteiger partial charge in [0, 0.05) is 19.5 Å². The van der Waals surface area contributed by atoms with E-state index in [1.807, 2.05) is 4.90 Å². The summed E-state index contributed by atoms with van der Waals surface area (Å²) < 4.78 is 5.40. The van der Waals surface area contributed by atoms with Gasteiger partial charge in [-0.2, -0.15) is 0 Å². The molecule has 1 aliphatic rings. The number of morpholine rings is 1. The highest BCUT2D eigenvalue weighted by atomic mass is 16.5. The van der Waals surface area contributed by atoms with Crippen LogP contribution in [0.3, 0.4) is 0 Å². The summed E-state index contributed by atoms with van der Waals surface area (Å²) in [5.41, 5.74) is 0. The normalized spacial score (nSPS) is 21.0. The molecule has 0 spiro atoms. The summed E-state index contributed by atoms with van der Waals surface area (Å²) in [5, 5.41) is 8.55.